The maximum absolute atomic E-state index is 12.4. The van der Waals surface area contributed by atoms with Crippen LogP contribution in [0.5, 0.6) is 0 Å². The fraction of sp³-hybridized carbons (Fsp3) is 0.0870. The third-order valence-electron chi connectivity index (χ3n) is 4.52. The largest absolute Gasteiger partial charge is 0.360 e. The normalized spacial score (nSPS) is 10.2. The molecule has 2 heterocycles. The number of pyridine rings is 1. The Balaban J connectivity index is 0.00000240. The molecule has 0 fully saturated rings. The van der Waals surface area contributed by atoms with Crippen molar-refractivity contribution in [3.63, 3.8) is 0 Å². The number of carbonyl (C=O) groups is 1. The van der Waals surface area contributed by atoms with E-state index in [-0.39, 0.29) is 18.3 Å². The van der Waals surface area contributed by atoms with Gasteiger partial charge in [0.25, 0.3) is 5.91 Å². The van der Waals surface area contributed by atoms with Crippen LogP contribution in [0.1, 0.15) is 21.7 Å². The molecule has 1 amide bonds. The molecular formula is C23H20ClN3O2. The van der Waals surface area contributed by atoms with Gasteiger partial charge in [-0.05, 0) is 36.2 Å². The highest BCUT2D eigenvalue weighted by Gasteiger charge is 2.17. The number of benzene rings is 2. The second-order valence-corrected chi connectivity index (χ2v) is 6.45. The van der Waals surface area contributed by atoms with Crippen LogP contribution < -0.4 is 5.32 Å². The van der Waals surface area contributed by atoms with Gasteiger partial charge in [-0.25, -0.2) is 0 Å². The molecule has 0 aliphatic heterocycles. The zero-order valence-electron chi connectivity index (χ0n) is 15.8. The van der Waals surface area contributed by atoms with Gasteiger partial charge in [0.2, 0.25) is 0 Å². The SMILES string of the molecule is Cc1onc(-c2ccccc2)c1-c1ccc(C(=O)NCc2cccnc2)cc1.Cl. The number of carbonyl (C=O) groups excluding carboxylic acids is 1. The quantitative estimate of drug-likeness (QED) is 0.503. The average Bonchev–Trinajstić information content (AvgIpc) is 3.15. The minimum absolute atomic E-state index is 0. The number of hydrogen-bond acceptors (Lipinski definition) is 4. The van der Waals surface area contributed by atoms with E-state index in [4.69, 9.17) is 4.52 Å². The van der Waals surface area contributed by atoms with E-state index in [1.165, 1.54) is 0 Å². The van der Waals surface area contributed by atoms with Crippen molar-refractivity contribution in [2.24, 2.45) is 0 Å². The van der Waals surface area contributed by atoms with Crippen molar-refractivity contribution in [2.45, 2.75) is 13.5 Å². The summed E-state index contributed by atoms with van der Waals surface area (Å²) in [7, 11) is 0. The lowest BCUT2D eigenvalue weighted by atomic mass is 9.98. The van der Waals surface area contributed by atoms with Crippen LogP contribution in [0.15, 0.2) is 83.6 Å². The highest BCUT2D eigenvalue weighted by molar-refractivity contribution is 5.95. The lowest BCUT2D eigenvalue weighted by Gasteiger charge is -2.07. The summed E-state index contributed by atoms with van der Waals surface area (Å²) >= 11 is 0. The molecule has 0 radical (unpaired) electrons. The Hall–Kier alpha value is -3.44. The average molecular weight is 406 g/mol. The van der Waals surface area contributed by atoms with Gasteiger partial charge in [-0.15, -0.1) is 12.4 Å². The smallest absolute Gasteiger partial charge is 0.251 e. The van der Waals surface area contributed by atoms with Gasteiger partial charge < -0.3 is 9.84 Å². The van der Waals surface area contributed by atoms with Crippen LogP contribution in [0, 0.1) is 6.92 Å². The second kappa shape index (κ2) is 9.17. The van der Waals surface area contributed by atoms with Crippen LogP contribution in [0.2, 0.25) is 0 Å². The van der Waals surface area contributed by atoms with Gasteiger partial charge >= 0.3 is 0 Å². The molecule has 29 heavy (non-hydrogen) atoms. The van der Waals surface area contributed by atoms with E-state index in [1.807, 2.05) is 73.7 Å². The number of aromatic nitrogens is 2. The number of halogens is 1. The molecule has 2 aromatic heterocycles. The number of nitrogens with zero attached hydrogens (tertiary/aromatic N) is 2. The van der Waals surface area contributed by atoms with E-state index >= 15 is 0 Å². The van der Waals surface area contributed by atoms with E-state index in [9.17, 15) is 4.79 Å². The van der Waals surface area contributed by atoms with Crippen molar-refractivity contribution in [2.75, 3.05) is 0 Å². The lowest BCUT2D eigenvalue weighted by molar-refractivity contribution is 0.0951. The molecule has 4 aromatic rings. The van der Waals surface area contributed by atoms with E-state index in [1.54, 1.807) is 12.4 Å². The Morgan fingerprint density at radius 3 is 2.41 bits per heavy atom. The molecule has 6 heteroatoms. The van der Waals surface area contributed by atoms with Crippen molar-refractivity contribution in [1.82, 2.24) is 15.5 Å². The summed E-state index contributed by atoms with van der Waals surface area (Å²) in [6, 6.07) is 21.2. The first-order valence-electron chi connectivity index (χ1n) is 9.01. The Labute approximate surface area is 175 Å². The topological polar surface area (TPSA) is 68.0 Å². The molecule has 1 N–H and O–H groups in total. The van der Waals surface area contributed by atoms with Gasteiger partial charge in [0.1, 0.15) is 11.5 Å². The monoisotopic (exact) mass is 405 g/mol. The van der Waals surface area contributed by atoms with Crippen molar-refractivity contribution < 1.29 is 9.32 Å². The third kappa shape index (κ3) is 4.52. The van der Waals surface area contributed by atoms with Gasteiger partial charge in [-0.2, -0.15) is 0 Å². The summed E-state index contributed by atoms with van der Waals surface area (Å²) in [5.74, 6) is 0.619. The molecule has 2 aromatic carbocycles. The Morgan fingerprint density at radius 2 is 1.72 bits per heavy atom. The van der Waals surface area contributed by atoms with Gasteiger partial charge in [0, 0.05) is 30.1 Å². The minimum Gasteiger partial charge on any atom is -0.360 e. The third-order valence-corrected chi connectivity index (χ3v) is 4.52. The molecular weight excluding hydrogens is 386 g/mol. The molecule has 0 saturated carbocycles. The van der Waals surface area contributed by atoms with Crippen molar-refractivity contribution in [1.29, 1.82) is 0 Å². The van der Waals surface area contributed by atoms with E-state index in [0.717, 1.165) is 33.7 Å². The highest BCUT2D eigenvalue weighted by atomic mass is 35.5. The van der Waals surface area contributed by atoms with Gasteiger partial charge in [-0.3, -0.25) is 9.78 Å². The van der Waals surface area contributed by atoms with Gasteiger partial charge in [0.05, 0.1) is 5.56 Å². The van der Waals surface area contributed by atoms with Crippen LogP contribution in [0.3, 0.4) is 0 Å². The Bertz CT molecular complexity index is 1080. The highest BCUT2D eigenvalue weighted by Crippen LogP contribution is 2.34. The Kier molecular flexibility index (Phi) is 6.42. The van der Waals surface area contributed by atoms with E-state index in [2.05, 4.69) is 15.5 Å². The van der Waals surface area contributed by atoms with Crippen molar-refractivity contribution in [3.8, 4) is 22.4 Å². The number of nitrogens with one attached hydrogen (secondary N) is 1. The summed E-state index contributed by atoms with van der Waals surface area (Å²) in [4.78, 5) is 16.5. The molecule has 0 bridgehead atoms. The van der Waals surface area contributed by atoms with Gasteiger partial charge in [-0.1, -0.05) is 53.7 Å². The molecule has 0 atom stereocenters. The number of hydrogen-bond donors (Lipinski definition) is 1. The van der Waals surface area contributed by atoms with E-state index in [0.29, 0.717) is 12.1 Å². The first-order valence-corrected chi connectivity index (χ1v) is 9.01. The van der Waals surface area contributed by atoms with Crippen molar-refractivity contribution >= 4 is 18.3 Å². The predicted octanol–water partition coefficient (Wildman–Crippen LogP) is 5.06. The number of aryl methyl sites for hydroxylation is 1. The molecule has 0 unspecified atom stereocenters. The summed E-state index contributed by atoms with van der Waals surface area (Å²) in [6.45, 7) is 2.33. The first kappa shape index (κ1) is 20.3. The summed E-state index contributed by atoms with van der Waals surface area (Å²) in [5.41, 5.74) is 5.25. The molecule has 146 valence electrons. The summed E-state index contributed by atoms with van der Waals surface area (Å²) in [5, 5.41) is 7.13. The standard InChI is InChI=1S/C23H19N3O2.ClH/c1-16-21(22(26-28-16)19-7-3-2-4-8-19)18-9-11-20(12-10-18)23(27)25-15-17-6-5-13-24-14-17;/h2-14H,15H2,1H3,(H,25,27);1H. The fourth-order valence-corrected chi connectivity index (χ4v) is 3.08. The zero-order chi connectivity index (χ0) is 19.3. The maximum atomic E-state index is 12.4. The molecule has 0 aliphatic carbocycles. The minimum atomic E-state index is -0.124. The number of rotatable bonds is 5. The van der Waals surface area contributed by atoms with Crippen LogP contribution in [-0.2, 0) is 6.54 Å². The summed E-state index contributed by atoms with van der Waals surface area (Å²) in [6.07, 6.45) is 3.45. The molecule has 0 aliphatic rings. The predicted molar refractivity (Wildman–Crippen MR) is 115 cm³/mol. The Morgan fingerprint density at radius 1 is 0.966 bits per heavy atom. The molecule has 5 nitrogen and oxygen atoms in total. The van der Waals surface area contributed by atoms with Crippen LogP contribution >= 0.6 is 12.4 Å². The number of amides is 1. The maximum Gasteiger partial charge on any atom is 0.251 e. The lowest BCUT2D eigenvalue weighted by Crippen LogP contribution is -2.22. The fourth-order valence-electron chi connectivity index (χ4n) is 3.08. The molecule has 4 rings (SSSR count). The van der Waals surface area contributed by atoms with Crippen LogP contribution in [0.25, 0.3) is 22.4 Å². The molecule has 0 saturated heterocycles. The summed E-state index contributed by atoms with van der Waals surface area (Å²) < 4.78 is 5.43. The van der Waals surface area contributed by atoms with E-state index < -0.39 is 0 Å². The second-order valence-electron chi connectivity index (χ2n) is 6.45. The molecule has 0 spiro atoms. The first-order chi connectivity index (χ1) is 13.7. The van der Waals surface area contributed by atoms with Gasteiger partial charge in [0.15, 0.2) is 0 Å². The van der Waals surface area contributed by atoms with Crippen LogP contribution in [-0.4, -0.2) is 16.0 Å². The van der Waals surface area contributed by atoms with Crippen LogP contribution in [0.4, 0.5) is 0 Å². The zero-order valence-corrected chi connectivity index (χ0v) is 16.6. The van der Waals surface area contributed by atoms with Crippen molar-refractivity contribution in [3.05, 3.63) is 96.0 Å².